The second-order valence-electron chi connectivity index (χ2n) is 7.12. The van der Waals surface area contributed by atoms with E-state index in [-0.39, 0.29) is 18.3 Å². The van der Waals surface area contributed by atoms with Crippen molar-refractivity contribution in [1.29, 1.82) is 0 Å². The Morgan fingerprint density at radius 3 is 2.73 bits per heavy atom. The van der Waals surface area contributed by atoms with Crippen LogP contribution in [0.15, 0.2) is 53.1 Å². The zero-order chi connectivity index (χ0) is 21.1. The molecule has 0 N–H and O–H groups in total. The maximum atomic E-state index is 12.3. The maximum absolute atomic E-state index is 12.3. The smallest absolute Gasteiger partial charge is 0.305 e. The van der Waals surface area contributed by atoms with Crippen LogP contribution in [0.3, 0.4) is 0 Å². The van der Waals surface area contributed by atoms with Crippen LogP contribution in [0, 0.1) is 0 Å². The topological polar surface area (TPSA) is 72.6 Å². The number of benzene rings is 2. The first-order valence-electron chi connectivity index (χ1n) is 9.75. The predicted octanol–water partition coefficient (Wildman–Crippen LogP) is 4.48. The summed E-state index contributed by atoms with van der Waals surface area (Å²) in [5.41, 5.74) is 4.77. The molecule has 152 valence electrons. The van der Waals surface area contributed by atoms with Crippen LogP contribution in [0.25, 0.3) is 23.6 Å². The Morgan fingerprint density at radius 2 is 1.93 bits per heavy atom. The lowest BCUT2D eigenvalue weighted by molar-refractivity contribution is -0.140. The SMILES string of the molecule is COC(=O)CCc1cnc(-c2ccc3c(c2)C=Cc2ccccc2N(C(C)=O)C3)o1. The van der Waals surface area contributed by atoms with E-state index in [0.29, 0.717) is 24.6 Å². The van der Waals surface area contributed by atoms with Gasteiger partial charge < -0.3 is 14.1 Å². The van der Waals surface area contributed by atoms with Crippen molar-refractivity contribution in [2.45, 2.75) is 26.3 Å². The van der Waals surface area contributed by atoms with Crippen molar-refractivity contribution in [3.05, 3.63) is 71.1 Å². The van der Waals surface area contributed by atoms with Crippen molar-refractivity contribution in [2.75, 3.05) is 12.0 Å². The molecule has 0 spiro atoms. The molecule has 3 aromatic rings. The molecular weight excluding hydrogens is 380 g/mol. The van der Waals surface area contributed by atoms with Gasteiger partial charge in [0.1, 0.15) is 5.76 Å². The molecule has 1 aliphatic heterocycles. The average Bonchev–Trinajstić information content (AvgIpc) is 3.22. The molecule has 2 aromatic carbocycles. The summed E-state index contributed by atoms with van der Waals surface area (Å²) in [4.78, 5) is 29.8. The summed E-state index contributed by atoms with van der Waals surface area (Å²) in [7, 11) is 1.37. The van der Waals surface area contributed by atoms with Crippen LogP contribution in [0.2, 0.25) is 0 Å². The van der Waals surface area contributed by atoms with E-state index in [9.17, 15) is 9.59 Å². The standard InChI is InChI=1S/C24H22N2O4/c1-16(27)26-15-20-10-9-19(24-25-14-21(30-24)11-12-23(28)29-2)13-18(20)8-7-17-5-3-4-6-22(17)26/h3-10,13-14H,11-12,15H2,1-2H3. The van der Waals surface area contributed by atoms with Crippen LogP contribution < -0.4 is 4.90 Å². The number of aryl methyl sites for hydroxylation is 1. The number of carbonyl (C=O) groups excluding carboxylic acids is 2. The van der Waals surface area contributed by atoms with Gasteiger partial charge in [-0.1, -0.05) is 36.4 Å². The van der Waals surface area contributed by atoms with Gasteiger partial charge in [0.2, 0.25) is 11.8 Å². The number of rotatable bonds is 4. The first-order valence-corrected chi connectivity index (χ1v) is 9.75. The van der Waals surface area contributed by atoms with Crippen LogP contribution in [0.1, 0.15) is 35.8 Å². The van der Waals surface area contributed by atoms with E-state index >= 15 is 0 Å². The monoisotopic (exact) mass is 402 g/mol. The summed E-state index contributed by atoms with van der Waals surface area (Å²) in [6.07, 6.45) is 6.40. The normalized spacial score (nSPS) is 12.5. The Labute approximate surface area is 174 Å². The molecule has 0 saturated carbocycles. The lowest BCUT2D eigenvalue weighted by Crippen LogP contribution is -2.29. The maximum Gasteiger partial charge on any atom is 0.305 e. The Kier molecular flexibility index (Phi) is 5.48. The fraction of sp³-hybridized carbons (Fsp3) is 0.208. The molecule has 1 aromatic heterocycles. The number of hydrogen-bond donors (Lipinski definition) is 0. The van der Waals surface area contributed by atoms with Gasteiger partial charge in [-0.15, -0.1) is 0 Å². The van der Waals surface area contributed by atoms with Gasteiger partial charge in [-0.2, -0.15) is 0 Å². The molecule has 1 aliphatic rings. The summed E-state index contributed by atoms with van der Waals surface area (Å²) < 4.78 is 10.5. The average molecular weight is 402 g/mol. The number of para-hydroxylation sites is 1. The molecule has 0 aliphatic carbocycles. The molecule has 6 nitrogen and oxygen atoms in total. The number of aromatic nitrogens is 1. The predicted molar refractivity (Wildman–Crippen MR) is 115 cm³/mol. The first kappa shape index (κ1) is 19.6. The highest BCUT2D eigenvalue weighted by Gasteiger charge is 2.19. The van der Waals surface area contributed by atoms with Gasteiger partial charge in [-0.25, -0.2) is 4.98 Å². The van der Waals surface area contributed by atoms with Gasteiger partial charge in [0.15, 0.2) is 0 Å². The Hall–Kier alpha value is -3.67. The first-order chi connectivity index (χ1) is 14.5. The third-order valence-electron chi connectivity index (χ3n) is 5.13. The quantitative estimate of drug-likeness (QED) is 0.602. The number of methoxy groups -OCH3 is 1. The molecule has 0 unspecified atom stereocenters. The summed E-state index contributed by atoms with van der Waals surface area (Å²) in [5, 5.41) is 0. The molecule has 2 heterocycles. The minimum atomic E-state index is -0.283. The number of fused-ring (bicyclic) bond motifs is 2. The van der Waals surface area contributed by atoms with Gasteiger partial charge >= 0.3 is 5.97 Å². The van der Waals surface area contributed by atoms with E-state index in [2.05, 4.69) is 15.8 Å². The van der Waals surface area contributed by atoms with Crippen LogP contribution in [-0.4, -0.2) is 24.0 Å². The molecule has 4 rings (SSSR count). The van der Waals surface area contributed by atoms with Crippen LogP contribution in [0.4, 0.5) is 5.69 Å². The number of carbonyl (C=O) groups is 2. The largest absolute Gasteiger partial charge is 0.469 e. The van der Waals surface area contributed by atoms with E-state index in [0.717, 1.165) is 27.9 Å². The summed E-state index contributed by atoms with van der Waals surface area (Å²) in [6.45, 7) is 2.07. The molecule has 0 fully saturated rings. The number of amides is 1. The molecule has 0 radical (unpaired) electrons. The van der Waals surface area contributed by atoms with Gasteiger partial charge in [-0.3, -0.25) is 9.59 Å². The number of nitrogens with zero attached hydrogens (tertiary/aromatic N) is 2. The molecule has 6 heteroatoms. The van der Waals surface area contributed by atoms with E-state index in [1.165, 1.54) is 7.11 Å². The Morgan fingerprint density at radius 1 is 1.13 bits per heavy atom. The van der Waals surface area contributed by atoms with Gasteiger partial charge in [-0.05, 0) is 34.9 Å². The number of esters is 1. The van der Waals surface area contributed by atoms with Gasteiger partial charge in [0.05, 0.1) is 32.0 Å². The van der Waals surface area contributed by atoms with Gasteiger partial charge in [0.25, 0.3) is 0 Å². The summed E-state index contributed by atoms with van der Waals surface area (Å²) >= 11 is 0. The van der Waals surface area contributed by atoms with Crippen molar-refractivity contribution in [2.24, 2.45) is 0 Å². The lowest BCUT2D eigenvalue weighted by Gasteiger charge is -2.26. The van der Waals surface area contributed by atoms with Crippen LogP contribution >= 0.6 is 0 Å². The van der Waals surface area contributed by atoms with Crippen molar-refractivity contribution < 1.29 is 18.7 Å². The second-order valence-corrected chi connectivity index (χ2v) is 7.12. The highest BCUT2D eigenvalue weighted by Crippen LogP contribution is 2.31. The highest BCUT2D eigenvalue weighted by atomic mass is 16.5. The third-order valence-corrected chi connectivity index (χ3v) is 5.13. The van der Waals surface area contributed by atoms with E-state index < -0.39 is 0 Å². The molecule has 0 atom stereocenters. The zero-order valence-corrected chi connectivity index (χ0v) is 16.9. The van der Waals surface area contributed by atoms with Crippen LogP contribution in [-0.2, 0) is 27.3 Å². The minimum absolute atomic E-state index is 0.00396. The fourth-order valence-electron chi connectivity index (χ4n) is 3.50. The molecule has 30 heavy (non-hydrogen) atoms. The lowest BCUT2D eigenvalue weighted by atomic mass is 9.99. The van der Waals surface area contributed by atoms with Gasteiger partial charge in [0, 0.05) is 18.9 Å². The van der Waals surface area contributed by atoms with Crippen molar-refractivity contribution in [3.63, 3.8) is 0 Å². The van der Waals surface area contributed by atoms with E-state index in [1.807, 2.05) is 48.5 Å². The zero-order valence-electron chi connectivity index (χ0n) is 16.9. The number of hydrogen-bond acceptors (Lipinski definition) is 5. The number of ether oxygens (including phenoxy) is 1. The van der Waals surface area contributed by atoms with Crippen LogP contribution in [0.5, 0.6) is 0 Å². The molecule has 0 saturated heterocycles. The van der Waals surface area contributed by atoms with Crippen molar-refractivity contribution in [3.8, 4) is 11.5 Å². The highest BCUT2D eigenvalue weighted by molar-refractivity contribution is 5.95. The summed E-state index contributed by atoms with van der Waals surface area (Å²) in [5.74, 6) is 0.844. The summed E-state index contributed by atoms with van der Waals surface area (Å²) in [6, 6.07) is 13.8. The molecular formula is C24H22N2O4. The Bertz CT molecular complexity index is 1130. The second kappa shape index (κ2) is 8.37. The molecule has 0 bridgehead atoms. The number of oxazole rings is 1. The minimum Gasteiger partial charge on any atom is -0.469 e. The fourth-order valence-corrected chi connectivity index (χ4v) is 3.50. The Balaban J connectivity index is 1.65. The third kappa shape index (κ3) is 4.03. The number of anilines is 1. The van der Waals surface area contributed by atoms with Crippen molar-refractivity contribution >= 4 is 29.7 Å². The van der Waals surface area contributed by atoms with E-state index in [4.69, 9.17) is 4.42 Å². The molecule has 1 amide bonds. The van der Waals surface area contributed by atoms with Crippen molar-refractivity contribution in [1.82, 2.24) is 4.98 Å². The van der Waals surface area contributed by atoms with E-state index in [1.54, 1.807) is 18.0 Å².